The van der Waals surface area contributed by atoms with E-state index in [0.717, 1.165) is 32.7 Å². The molecule has 3 aromatic carbocycles. The first kappa shape index (κ1) is 19.3. The Morgan fingerprint density at radius 3 is 2.84 bits per heavy atom. The number of imidazole rings is 1. The molecule has 2 aromatic heterocycles. The number of fused-ring (bicyclic) bond motifs is 2. The lowest BCUT2D eigenvalue weighted by Gasteiger charge is -2.14. The minimum Gasteiger partial charge on any atom is -0.493 e. The molecule has 0 fully saturated rings. The minimum atomic E-state index is -0.195. The molecule has 0 saturated carbocycles. The van der Waals surface area contributed by atoms with Crippen LogP contribution >= 0.6 is 11.3 Å². The van der Waals surface area contributed by atoms with Crippen LogP contribution in [0.15, 0.2) is 72.2 Å². The van der Waals surface area contributed by atoms with Crippen LogP contribution in [-0.4, -0.2) is 21.9 Å². The third-order valence-electron chi connectivity index (χ3n) is 5.22. The Labute approximate surface area is 183 Å². The predicted molar refractivity (Wildman–Crippen MR) is 126 cm³/mol. The van der Waals surface area contributed by atoms with Crippen molar-refractivity contribution in [3.63, 3.8) is 0 Å². The zero-order valence-electron chi connectivity index (χ0n) is 17.3. The third kappa shape index (κ3) is 3.55. The SMILES string of the molecule is CCOc1ccc2ccccc2c1C(=O)Nc1cccc(-c2cn3c(C)csc3n2)c1. The molecule has 0 aliphatic rings. The van der Waals surface area contributed by atoms with Crippen molar-refractivity contribution >= 4 is 38.7 Å². The lowest BCUT2D eigenvalue weighted by atomic mass is 10.0. The van der Waals surface area contributed by atoms with Crippen LogP contribution in [0.25, 0.3) is 27.0 Å². The molecule has 0 aliphatic carbocycles. The highest BCUT2D eigenvalue weighted by atomic mass is 32.1. The second-order valence-corrected chi connectivity index (χ2v) is 8.12. The Morgan fingerprint density at radius 2 is 2.00 bits per heavy atom. The molecule has 1 N–H and O–H groups in total. The van der Waals surface area contributed by atoms with Gasteiger partial charge in [0.25, 0.3) is 5.91 Å². The summed E-state index contributed by atoms with van der Waals surface area (Å²) in [5.74, 6) is 0.388. The van der Waals surface area contributed by atoms with E-state index >= 15 is 0 Å². The van der Waals surface area contributed by atoms with Crippen LogP contribution in [0.4, 0.5) is 5.69 Å². The lowest BCUT2D eigenvalue weighted by Crippen LogP contribution is -2.14. The summed E-state index contributed by atoms with van der Waals surface area (Å²) in [6.07, 6.45) is 2.03. The number of carbonyl (C=O) groups excluding carboxylic acids is 1. The Hall–Kier alpha value is -3.64. The molecule has 5 nitrogen and oxygen atoms in total. The van der Waals surface area contributed by atoms with Gasteiger partial charge in [-0.3, -0.25) is 9.20 Å². The second kappa shape index (κ2) is 7.89. The summed E-state index contributed by atoms with van der Waals surface area (Å²) in [5, 5.41) is 7.00. The van der Waals surface area contributed by atoms with E-state index in [1.54, 1.807) is 11.3 Å². The summed E-state index contributed by atoms with van der Waals surface area (Å²) >= 11 is 1.62. The number of nitrogens with one attached hydrogen (secondary N) is 1. The molecule has 0 unspecified atom stereocenters. The highest BCUT2D eigenvalue weighted by Gasteiger charge is 2.17. The first-order valence-electron chi connectivity index (χ1n) is 10.1. The maximum absolute atomic E-state index is 13.3. The molecule has 0 spiro atoms. The van der Waals surface area contributed by atoms with Gasteiger partial charge in [-0.15, -0.1) is 11.3 Å². The number of anilines is 1. The van der Waals surface area contributed by atoms with E-state index in [2.05, 4.69) is 22.0 Å². The number of aromatic nitrogens is 2. The molecule has 154 valence electrons. The molecule has 0 radical (unpaired) electrons. The summed E-state index contributed by atoms with van der Waals surface area (Å²) < 4.78 is 7.84. The van der Waals surface area contributed by atoms with Crippen molar-refractivity contribution in [2.24, 2.45) is 0 Å². The number of rotatable bonds is 5. The second-order valence-electron chi connectivity index (χ2n) is 7.28. The maximum atomic E-state index is 13.3. The molecule has 6 heteroatoms. The molecule has 0 saturated heterocycles. The molecule has 31 heavy (non-hydrogen) atoms. The number of benzene rings is 3. The largest absolute Gasteiger partial charge is 0.493 e. The standard InChI is InChI=1S/C25H21N3O2S/c1-3-30-22-12-11-17-7-4-5-10-20(17)23(22)24(29)26-19-9-6-8-18(13-19)21-14-28-16(2)15-31-25(28)27-21/h4-15H,3H2,1-2H3,(H,26,29). The Balaban J connectivity index is 1.50. The Kier molecular flexibility index (Phi) is 4.92. The van der Waals surface area contributed by atoms with Crippen molar-refractivity contribution < 1.29 is 9.53 Å². The summed E-state index contributed by atoms with van der Waals surface area (Å²) in [7, 11) is 0. The molecule has 1 amide bonds. The van der Waals surface area contributed by atoms with Crippen molar-refractivity contribution in [3.8, 4) is 17.0 Å². The van der Waals surface area contributed by atoms with Gasteiger partial charge in [0.15, 0.2) is 4.96 Å². The fourth-order valence-electron chi connectivity index (χ4n) is 3.74. The van der Waals surface area contributed by atoms with Gasteiger partial charge in [0.05, 0.1) is 17.9 Å². The van der Waals surface area contributed by atoms with Crippen LogP contribution in [0.1, 0.15) is 23.0 Å². The smallest absolute Gasteiger partial charge is 0.260 e. The van der Waals surface area contributed by atoms with Crippen molar-refractivity contribution in [3.05, 3.63) is 83.5 Å². The highest BCUT2D eigenvalue weighted by Crippen LogP contribution is 2.30. The monoisotopic (exact) mass is 427 g/mol. The predicted octanol–water partition coefficient (Wildman–Crippen LogP) is 6.18. The van der Waals surface area contributed by atoms with Crippen LogP contribution in [0.5, 0.6) is 5.75 Å². The molecule has 2 heterocycles. The number of hydrogen-bond acceptors (Lipinski definition) is 4. The van der Waals surface area contributed by atoms with E-state index in [0.29, 0.717) is 23.6 Å². The van der Waals surface area contributed by atoms with Crippen LogP contribution in [0.2, 0.25) is 0 Å². The number of ether oxygens (including phenoxy) is 1. The molecule has 5 rings (SSSR count). The summed E-state index contributed by atoms with van der Waals surface area (Å²) in [6.45, 7) is 4.47. The maximum Gasteiger partial charge on any atom is 0.260 e. The van der Waals surface area contributed by atoms with Crippen LogP contribution < -0.4 is 10.1 Å². The van der Waals surface area contributed by atoms with E-state index < -0.39 is 0 Å². The third-order valence-corrected chi connectivity index (χ3v) is 6.18. The fraction of sp³-hybridized carbons (Fsp3) is 0.120. The first-order valence-corrected chi connectivity index (χ1v) is 11.0. The van der Waals surface area contributed by atoms with Gasteiger partial charge in [-0.25, -0.2) is 4.98 Å². The number of thiazole rings is 1. The minimum absolute atomic E-state index is 0.195. The van der Waals surface area contributed by atoms with Gasteiger partial charge in [0.2, 0.25) is 0 Å². The van der Waals surface area contributed by atoms with E-state index in [-0.39, 0.29) is 5.91 Å². The first-order chi connectivity index (χ1) is 15.1. The zero-order valence-corrected chi connectivity index (χ0v) is 18.1. The summed E-state index contributed by atoms with van der Waals surface area (Å²) in [5.41, 5.74) is 4.25. The van der Waals surface area contributed by atoms with Crippen molar-refractivity contribution in [2.45, 2.75) is 13.8 Å². The molecular weight excluding hydrogens is 406 g/mol. The van der Waals surface area contributed by atoms with Gasteiger partial charge in [-0.2, -0.15) is 0 Å². The number of nitrogens with zero attached hydrogens (tertiary/aromatic N) is 2. The Bertz CT molecular complexity index is 1420. The molecule has 0 atom stereocenters. The van der Waals surface area contributed by atoms with Crippen molar-refractivity contribution in [2.75, 3.05) is 11.9 Å². The molecule has 0 bridgehead atoms. The lowest BCUT2D eigenvalue weighted by molar-refractivity contribution is 0.102. The molecule has 0 aliphatic heterocycles. The van der Waals surface area contributed by atoms with Crippen LogP contribution in [0.3, 0.4) is 0 Å². The van der Waals surface area contributed by atoms with Gasteiger partial charge < -0.3 is 10.1 Å². The number of hydrogen-bond donors (Lipinski definition) is 1. The van der Waals surface area contributed by atoms with E-state index in [1.807, 2.05) is 73.8 Å². The van der Waals surface area contributed by atoms with Gasteiger partial charge in [0, 0.05) is 28.5 Å². The van der Waals surface area contributed by atoms with E-state index in [9.17, 15) is 4.79 Å². The van der Waals surface area contributed by atoms with Gasteiger partial charge >= 0.3 is 0 Å². The quantitative estimate of drug-likeness (QED) is 0.365. The van der Waals surface area contributed by atoms with Crippen molar-refractivity contribution in [1.29, 1.82) is 0 Å². The highest BCUT2D eigenvalue weighted by molar-refractivity contribution is 7.15. The topological polar surface area (TPSA) is 55.6 Å². The number of amides is 1. The Morgan fingerprint density at radius 1 is 1.13 bits per heavy atom. The average Bonchev–Trinajstić information content (AvgIpc) is 3.36. The normalized spacial score (nSPS) is 11.2. The van der Waals surface area contributed by atoms with Gasteiger partial charge in [-0.05, 0) is 42.8 Å². The molecule has 5 aromatic rings. The van der Waals surface area contributed by atoms with Crippen molar-refractivity contribution in [1.82, 2.24) is 9.38 Å². The summed E-state index contributed by atoms with van der Waals surface area (Å²) in [6, 6.07) is 19.4. The number of aryl methyl sites for hydroxylation is 1. The number of carbonyl (C=O) groups is 1. The van der Waals surface area contributed by atoms with E-state index in [1.165, 1.54) is 0 Å². The zero-order chi connectivity index (χ0) is 21.4. The molecular formula is C25H21N3O2S. The fourth-order valence-corrected chi connectivity index (χ4v) is 4.60. The average molecular weight is 428 g/mol. The van der Waals surface area contributed by atoms with Crippen LogP contribution in [0, 0.1) is 6.92 Å². The van der Waals surface area contributed by atoms with E-state index in [4.69, 9.17) is 9.72 Å². The van der Waals surface area contributed by atoms with Gasteiger partial charge in [-0.1, -0.05) is 42.5 Å². The van der Waals surface area contributed by atoms with Gasteiger partial charge in [0.1, 0.15) is 5.75 Å². The van der Waals surface area contributed by atoms with Crippen LogP contribution in [-0.2, 0) is 0 Å². The summed E-state index contributed by atoms with van der Waals surface area (Å²) in [4.78, 5) is 19.0.